The molecule has 1 fully saturated rings. The number of nitriles is 1. The number of aromatic amines is 1. The molecule has 0 bridgehead atoms. The van der Waals surface area contributed by atoms with Crippen molar-refractivity contribution in [3.63, 3.8) is 0 Å². The number of hydrogen-bond donors (Lipinski definition) is 2. The lowest BCUT2D eigenvalue weighted by atomic mass is 9.81. The topological polar surface area (TPSA) is 108 Å². The van der Waals surface area contributed by atoms with Gasteiger partial charge in [0.25, 0.3) is 5.91 Å². The number of pyridine rings is 1. The Hall–Kier alpha value is -3.81. The fourth-order valence-corrected chi connectivity index (χ4v) is 5.44. The first kappa shape index (κ1) is 23.9. The lowest BCUT2D eigenvalue weighted by molar-refractivity contribution is -0.274. The van der Waals surface area contributed by atoms with E-state index in [0.29, 0.717) is 48.9 Å². The number of rotatable bonds is 3. The fraction of sp³-hybridized carbons (Fsp3) is 0.400. The molecule has 3 aromatic rings. The molecule has 2 aliphatic rings. The predicted molar refractivity (Wildman–Crippen MR) is 123 cm³/mol. The Morgan fingerprint density at radius 1 is 1.22 bits per heavy atom. The van der Waals surface area contributed by atoms with Gasteiger partial charge in [-0.15, -0.1) is 13.2 Å². The first-order chi connectivity index (χ1) is 17.2. The number of anilines is 1. The van der Waals surface area contributed by atoms with Crippen LogP contribution in [0.2, 0.25) is 0 Å². The van der Waals surface area contributed by atoms with Crippen molar-refractivity contribution in [2.24, 2.45) is 0 Å². The number of aryl methyl sites for hydroxylation is 1. The summed E-state index contributed by atoms with van der Waals surface area (Å²) < 4.78 is 56.4. The van der Waals surface area contributed by atoms with Crippen molar-refractivity contribution in [2.75, 3.05) is 18.8 Å². The van der Waals surface area contributed by atoms with Gasteiger partial charge < -0.3 is 20.4 Å². The Morgan fingerprint density at radius 2 is 1.97 bits per heavy atom. The molecule has 36 heavy (non-hydrogen) atoms. The van der Waals surface area contributed by atoms with Crippen LogP contribution in [0.3, 0.4) is 0 Å². The van der Waals surface area contributed by atoms with Gasteiger partial charge >= 0.3 is 6.36 Å². The molecule has 1 aromatic carbocycles. The summed E-state index contributed by atoms with van der Waals surface area (Å²) in [5.74, 6) is -1.84. The molecule has 0 unspecified atom stereocenters. The van der Waals surface area contributed by atoms with E-state index in [1.54, 1.807) is 4.90 Å². The normalized spacial score (nSPS) is 18.6. The zero-order chi connectivity index (χ0) is 25.6. The molecule has 3 heterocycles. The van der Waals surface area contributed by atoms with Crippen LogP contribution in [0.25, 0.3) is 11.0 Å². The van der Waals surface area contributed by atoms with E-state index in [2.05, 4.69) is 20.8 Å². The second-order valence-corrected chi connectivity index (χ2v) is 9.20. The average Bonchev–Trinajstić information content (AvgIpc) is 3.22. The number of benzene rings is 1. The number of nitrogens with one attached hydrogen (secondary N) is 1. The summed E-state index contributed by atoms with van der Waals surface area (Å²) in [4.78, 5) is 22.1. The Morgan fingerprint density at radius 3 is 2.64 bits per heavy atom. The van der Waals surface area contributed by atoms with E-state index in [1.807, 2.05) is 0 Å². The van der Waals surface area contributed by atoms with E-state index < -0.39 is 23.8 Å². The number of aromatic nitrogens is 2. The molecule has 1 saturated heterocycles. The molecule has 188 valence electrons. The number of piperidine rings is 1. The smallest absolute Gasteiger partial charge is 0.406 e. The van der Waals surface area contributed by atoms with Crippen LogP contribution < -0.4 is 10.5 Å². The third kappa shape index (κ3) is 4.32. The highest BCUT2D eigenvalue weighted by Crippen LogP contribution is 2.42. The summed E-state index contributed by atoms with van der Waals surface area (Å²) in [6.07, 6.45) is -0.325. The number of likely N-dealkylation sites (tertiary alicyclic amines) is 1. The molecule has 1 aliphatic carbocycles. The molecule has 7 nitrogen and oxygen atoms in total. The second-order valence-electron chi connectivity index (χ2n) is 9.20. The molecule has 0 radical (unpaired) electrons. The van der Waals surface area contributed by atoms with Crippen molar-refractivity contribution in [1.29, 1.82) is 5.26 Å². The van der Waals surface area contributed by atoms with Gasteiger partial charge in [0.1, 0.15) is 17.2 Å². The van der Waals surface area contributed by atoms with Gasteiger partial charge in [-0.2, -0.15) is 5.26 Å². The Bertz CT molecular complexity index is 1370. The quantitative estimate of drug-likeness (QED) is 0.381. The molecule has 1 atom stereocenters. The minimum absolute atomic E-state index is 0.0806. The van der Waals surface area contributed by atoms with Crippen molar-refractivity contribution in [3.05, 3.63) is 52.6 Å². The molecule has 0 saturated carbocycles. The van der Waals surface area contributed by atoms with Crippen molar-refractivity contribution in [1.82, 2.24) is 14.9 Å². The summed E-state index contributed by atoms with van der Waals surface area (Å²) in [6, 6.07) is 5.58. The molecular formula is C25H23F4N5O2. The SMILES string of the molecule is N#C[C@@H]1CCCc2[nH]c3ncc(F)c(C4CCN(C(=O)c5ccc(OC(F)(F)F)cc5N)CC4)c3c21. The van der Waals surface area contributed by atoms with E-state index in [-0.39, 0.29) is 23.1 Å². The summed E-state index contributed by atoms with van der Waals surface area (Å²) in [5.41, 5.74) is 8.69. The number of fused-ring (bicyclic) bond motifs is 3. The van der Waals surface area contributed by atoms with Crippen LogP contribution in [-0.4, -0.2) is 40.2 Å². The highest BCUT2D eigenvalue weighted by atomic mass is 19.4. The number of amides is 1. The number of hydrogen-bond acceptors (Lipinski definition) is 5. The third-order valence-corrected chi connectivity index (χ3v) is 7.04. The zero-order valence-electron chi connectivity index (χ0n) is 19.2. The predicted octanol–water partition coefficient (Wildman–Crippen LogP) is 5.15. The lowest BCUT2D eigenvalue weighted by Gasteiger charge is -2.33. The maximum atomic E-state index is 15.2. The van der Waals surface area contributed by atoms with Crippen LogP contribution in [0.1, 0.15) is 64.7 Å². The molecule has 1 aliphatic heterocycles. The van der Waals surface area contributed by atoms with Crippen LogP contribution in [0, 0.1) is 17.1 Å². The molecule has 2 aromatic heterocycles. The number of nitrogens with two attached hydrogens (primary N) is 1. The number of carbonyl (C=O) groups is 1. The lowest BCUT2D eigenvalue weighted by Crippen LogP contribution is -2.38. The van der Waals surface area contributed by atoms with Gasteiger partial charge in [-0.3, -0.25) is 4.79 Å². The highest BCUT2D eigenvalue weighted by Gasteiger charge is 2.34. The van der Waals surface area contributed by atoms with Crippen molar-refractivity contribution in [2.45, 2.75) is 50.3 Å². The third-order valence-electron chi connectivity index (χ3n) is 7.04. The number of carbonyl (C=O) groups excluding carboxylic acids is 1. The van der Waals surface area contributed by atoms with Crippen LogP contribution in [0.15, 0.2) is 24.4 Å². The minimum atomic E-state index is -4.86. The van der Waals surface area contributed by atoms with Gasteiger partial charge in [0.05, 0.1) is 23.7 Å². The number of H-pyrrole nitrogens is 1. The summed E-state index contributed by atoms with van der Waals surface area (Å²) in [6.45, 7) is 0.641. The van der Waals surface area contributed by atoms with Gasteiger partial charge in [0, 0.05) is 41.5 Å². The van der Waals surface area contributed by atoms with Gasteiger partial charge in [0.2, 0.25) is 0 Å². The first-order valence-electron chi connectivity index (χ1n) is 11.7. The van der Waals surface area contributed by atoms with E-state index in [4.69, 9.17) is 5.73 Å². The van der Waals surface area contributed by atoms with Crippen LogP contribution >= 0.6 is 0 Å². The standard InChI is InChI=1S/C25H23F4N5O2/c26-17-12-32-23-22(21-14(11-30)2-1-3-19(21)33-23)20(17)13-6-8-34(9-7-13)24(35)16-5-4-15(10-18(16)31)36-25(27,28)29/h4-5,10,12-14H,1-3,6-9,31H2,(H,32,33)/t14-/m0/s1. The second kappa shape index (κ2) is 9.00. The van der Waals surface area contributed by atoms with Crippen LogP contribution in [0.4, 0.5) is 23.2 Å². The van der Waals surface area contributed by atoms with E-state index in [1.165, 1.54) is 12.3 Å². The van der Waals surface area contributed by atoms with Crippen molar-refractivity contribution in [3.8, 4) is 11.8 Å². The molecule has 3 N–H and O–H groups in total. The largest absolute Gasteiger partial charge is 0.573 e. The van der Waals surface area contributed by atoms with E-state index in [9.17, 15) is 23.2 Å². The molecule has 0 spiro atoms. The highest BCUT2D eigenvalue weighted by molar-refractivity contribution is 5.99. The number of alkyl halides is 3. The maximum absolute atomic E-state index is 15.2. The van der Waals surface area contributed by atoms with Gasteiger partial charge in [-0.05, 0) is 55.7 Å². The van der Waals surface area contributed by atoms with Gasteiger partial charge in [0.15, 0.2) is 0 Å². The number of halogens is 4. The molecule has 5 rings (SSSR count). The Kier molecular flexibility index (Phi) is 5.98. The molecule has 11 heteroatoms. The number of nitrogens with zero attached hydrogens (tertiary/aromatic N) is 3. The van der Waals surface area contributed by atoms with Crippen LogP contribution in [0.5, 0.6) is 5.75 Å². The van der Waals surface area contributed by atoms with Gasteiger partial charge in [-0.1, -0.05) is 0 Å². The van der Waals surface area contributed by atoms with Crippen molar-refractivity contribution >= 4 is 22.6 Å². The van der Waals surface area contributed by atoms with Crippen LogP contribution in [-0.2, 0) is 6.42 Å². The van der Waals surface area contributed by atoms with Crippen molar-refractivity contribution < 1.29 is 27.1 Å². The van der Waals surface area contributed by atoms with Gasteiger partial charge in [-0.25, -0.2) is 9.37 Å². The monoisotopic (exact) mass is 501 g/mol. The Balaban J connectivity index is 1.37. The van der Waals surface area contributed by atoms with E-state index >= 15 is 4.39 Å². The minimum Gasteiger partial charge on any atom is -0.406 e. The average molecular weight is 501 g/mol. The summed E-state index contributed by atoms with van der Waals surface area (Å²) in [5, 5.41) is 10.4. The molecule has 1 amide bonds. The van der Waals surface area contributed by atoms with E-state index in [0.717, 1.165) is 36.2 Å². The first-order valence-corrected chi connectivity index (χ1v) is 11.7. The Labute approximate surface area is 203 Å². The number of nitrogen functional groups attached to an aromatic ring is 1. The number of ether oxygens (including phenoxy) is 1. The zero-order valence-corrected chi connectivity index (χ0v) is 19.2. The summed E-state index contributed by atoms with van der Waals surface area (Å²) in [7, 11) is 0. The maximum Gasteiger partial charge on any atom is 0.573 e. The fourth-order valence-electron chi connectivity index (χ4n) is 5.44. The summed E-state index contributed by atoms with van der Waals surface area (Å²) >= 11 is 0. The molecular weight excluding hydrogens is 478 g/mol.